The van der Waals surface area contributed by atoms with E-state index in [0.29, 0.717) is 18.5 Å². The highest BCUT2D eigenvalue weighted by atomic mass is 19.4. The van der Waals surface area contributed by atoms with Crippen molar-refractivity contribution in [3.8, 4) is 0 Å². The molecule has 0 aliphatic carbocycles. The molecule has 0 saturated carbocycles. The Morgan fingerprint density at radius 2 is 1.96 bits per heavy atom. The van der Waals surface area contributed by atoms with Crippen LogP contribution < -0.4 is 0 Å². The van der Waals surface area contributed by atoms with Crippen LogP contribution in [0.25, 0.3) is 0 Å². The number of ether oxygens (including phenoxy) is 1. The van der Waals surface area contributed by atoms with E-state index >= 15 is 0 Å². The summed E-state index contributed by atoms with van der Waals surface area (Å²) in [5.41, 5.74) is -0.942. The molecule has 1 saturated heterocycles. The van der Waals surface area contributed by atoms with E-state index in [-0.39, 0.29) is 6.54 Å². The van der Waals surface area contributed by atoms with Crippen LogP contribution in [0.4, 0.5) is 18.0 Å². The van der Waals surface area contributed by atoms with Crippen LogP contribution in [0.3, 0.4) is 0 Å². The minimum absolute atomic E-state index is 0.0375. The molecule has 2 atom stereocenters. The first-order valence-corrected chi connectivity index (χ1v) is 7.80. The maximum atomic E-state index is 12.8. The van der Waals surface area contributed by atoms with Gasteiger partial charge in [0.2, 0.25) is 0 Å². The van der Waals surface area contributed by atoms with Gasteiger partial charge in [0.25, 0.3) is 0 Å². The number of benzene rings is 1. The number of hydrogen-bond donors (Lipinski definition) is 1. The molecule has 1 N–H and O–H groups in total. The summed E-state index contributed by atoms with van der Waals surface area (Å²) in [6.07, 6.45) is -5.50. The number of β-amino-alcohol motifs (C(OH)–C–C–N with tert-alkyl or cyclic N) is 1. The van der Waals surface area contributed by atoms with Crippen molar-refractivity contribution in [2.45, 2.75) is 51.0 Å². The highest BCUT2D eigenvalue weighted by Crippen LogP contribution is 2.34. The van der Waals surface area contributed by atoms with Crippen molar-refractivity contribution >= 4 is 6.09 Å². The predicted molar refractivity (Wildman–Crippen MR) is 82.6 cm³/mol. The predicted octanol–water partition coefficient (Wildman–Crippen LogP) is 3.79. The maximum absolute atomic E-state index is 12.8. The van der Waals surface area contributed by atoms with Gasteiger partial charge in [-0.15, -0.1) is 0 Å². The van der Waals surface area contributed by atoms with Gasteiger partial charge < -0.3 is 14.7 Å². The quantitative estimate of drug-likeness (QED) is 0.842. The minimum atomic E-state index is -4.42. The van der Waals surface area contributed by atoms with Gasteiger partial charge >= 0.3 is 12.3 Å². The fraction of sp³-hybridized carbons (Fsp3) is 0.588. The summed E-state index contributed by atoms with van der Waals surface area (Å²) in [6.45, 7) is 5.60. The van der Waals surface area contributed by atoms with Crippen molar-refractivity contribution in [3.63, 3.8) is 0 Å². The van der Waals surface area contributed by atoms with Crippen molar-refractivity contribution in [1.29, 1.82) is 0 Å². The van der Waals surface area contributed by atoms with E-state index in [1.165, 1.54) is 11.0 Å². The van der Waals surface area contributed by atoms with E-state index in [0.717, 1.165) is 12.1 Å². The van der Waals surface area contributed by atoms with E-state index in [4.69, 9.17) is 4.74 Å². The second-order valence-corrected chi connectivity index (χ2v) is 7.01. The fourth-order valence-electron chi connectivity index (χ4n) is 2.76. The van der Waals surface area contributed by atoms with E-state index in [1.54, 1.807) is 26.8 Å². The molecule has 1 aromatic carbocycles. The molecule has 0 radical (unpaired) electrons. The number of aliphatic hydroxyl groups is 1. The summed E-state index contributed by atoms with van der Waals surface area (Å²) in [7, 11) is 0. The van der Waals surface area contributed by atoms with Gasteiger partial charge in [0.15, 0.2) is 0 Å². The molecule has 1 aliphatic heterocycles. The second-order valence-electron chi connectivity index (χ2n) is 7.01. The van der Waals surface area contributed by atoms with Gasteiger partial charge in [-0.25, -0.2) is 4.79 Å². The molecule has 0 spiro atoms. The summed E-state index contributed by atoms with van der Waals surface area (Å²) >= 11 is 0. The molecule has 1 aromatic rings. The van der Waals surface area contributed by atoms with Gasteiger partial charge in [-0.3, -0.25) is 0 Å². The van der Waals surface area contributed by atoms with E-state index in [9.17, 15) is 23.1 Å². The van der Waals surface area contributed by atoms with Crippen molar-refractivity contribution in [3.05, 3.63) is 35.4 Å². The molecular formula is C17H22F3NO3. The number of likely N-dealkylation sites (tertiary alicyclic amines) is 1. The summed E-state index contributed by atoms with van der Waals surface area (Å²) in [5.74, 6) is -0.439. The van der Waals surface area contributed by atoms with Crippen LogP contribution in [-0.2, 0) is 10.9 Å². The molecule has 0 bridgehead atoms. The molecular weight excluding hydrogens is 323 g/mol. The topological polar surface area (TPSA) is 49.8 Å². The third-order valence-corrected chi connectivity index (χ3v) is 3.88. The van der Waals surface area contributed by atoms with Gasteiger partial charge in [0, 0.05) is 12.5 Å². The molecule has 1 amide bonds. The number of aliphatic hydroxyl groups excluding tert-OH is 1. The summed E-state index contributed by atoms with van der Waals surface area (Å²) < 4.78 is 43.7. The van der Waals surface area contributed by atoms with Crippen LogP contribution in [0.5, 0.6) is 0 Å². The van der Waals surface area contributed by atoms with Crippen molar-refractivity contribution in [2.24, 2.45) is 0 Å². The van der Waals surface area contributed by atoms with Gasteiger partial charge in [0.05, 0.1) is 18.2 Å². The normalized spacial score (nSPS) is 22.4. The van der Waals surface area contributed by atoms with Crippen LogP contribution in [0.1, 0.15) is 44.2 Å². The number of alkyl halides is 3. The zero-order valence-electron chi connectivity index (χ0n) is 13.9. The highest BCUT2D eigenvalue weighted by molar-refractivity contribution is 5.68. The number of nitrogens with zero attached hydrogens (tertiary/aromatic N) is 1. The Balaban J connectivity index is 2.08. The summed E-state index contributed by atoms with van der Waals surface area (Å²) in [6, 6.07) is 4.99. The standard InChI is InChI=1S/C17H22F3NO3/c1-16(2,3)24-15(23)21-8-7-13(14(22)10-21)11-5-4-6-12(9-11)17(18,19)20/h4-6,9,13-14,22H,7-8,10H2,1-3H3/t13-,14-/m0/s1. The average Bonchev–Trinajstić information content (AvgIpc) is 2.44. The van der Waals surface area contributed by atoms with Gasteiger partial charge in [-0.2, -0.15) is 13.2 Å². The van der Waals surface area contributed by atoms with Crippen molar-refractivity contribution in [1.82, 2.24) is 4.90 Å². The van der Waals surface area contributed by atoms with E-state index in [2.05, 4.69) is 0 Å². The summed E-state index contributed by atoms with van der Waals surface area (Å²) in [5, 5.41) is 10.3. The molecule has 4 nitrogen and oxygen atoms in total. The lowest BCUT2D eigenvalue weighted by Gasteiger charge is -2.37. The molecule has 2 rings (SSSR count). The fourth-order valence-corrected chi connectivity index (χ4v) is 2.76. The molecule has 1 heterocycles. The molecule has 24 heavy (non-hydrogen) atoms. The molecule has 1 aliphatic rings. The Labute approximate surface area is 139 Å². The SMILES string of the molecule is CC(C)(C)OC(=O)N1CC[C@@H](c2cccc(C(F)(F)F)c2)[C@@H](O)C1. The Morgan fingerprint density at radius 1 is 1.29 bits per heavy atom. The molecule has 1 fully saturated rings. The number of piperidine rings is 1. The van der Waals surface area contributed by atoms with Crippen LogP contribution in [0, 0.1) is 0 Å². The lowest BCUT2D eigenvalue weighted by molar-refractivity contribution is -0.137. The monoisotopic (exact) mass is 345 g/mol. The zero-order chi connectivity index (χ0) is 18.1. The van der Waals surface area contributed by atoms with Crippen molar-refractivity contribution < 1.29 is 27.8 Å². The molecule has 7 heteroatoms. The van der Waals surface area contributed by atoms with Crippen LogP contribution in [-0.4, -0.2) is 40.9 Å². The lowest BCUT2D eigenvalue weighted by Crippen LogP contribution is -2.47. The van der Waals surface area contributed by atoms with E-state index in [1.807, 2.05) is 0 Å². The Hall–Kier alpha value is -1.76. The largest absolute Gasteiger partial charge is 0.444 e. The zero-order valence-corrected chi connectivity index (χ0v) is 13.9. The number of amides is 1. The Bertz CT molecular complexity index is 595. The van der Waals surface area contributed by atoms with Gasteiger partial charge in [-0.05, 0) is 38.8 Å². The average molecular weight is 345 g/mol. The number of carbonyl (C=O) groups is 1. The third kappa shape index (κ3) is 4.63. The van der Waals surface area contributed by atoms with Gasteiger partial charge in [-0.1, -0.05) is 18.2 Å². The second kappa shape index (κ2) is 6.63. The first-order valence-electron chi connectivity index (χ1n) is 7.80. The first kappa shape index (κ1) is 18.6. The third-order valence-electron chi connectivity index (χ3n) is 3.88. The van der Waals surface area contributed by atoms with Crippen molar-refractivity contribution in [2.75, 3.05) is 13.1 Å². The molecule has 0 unspecified atom stereocenters. The van der Waals surface area contributed by atoms with E-state index < -0.39 is 35.5 Å². The van der Waals surface area contributed by atoms with Crippen LogP contribution in [0.15, 0.2) is 24.3 Å². The molecule has 134 valence electrons. The smallest absolute Gasteiger partial charge is 0.416 e. The Morgan fingerprint density at radius 3 is 2.50 bits per heavy atom. The highest BCUT2D eigenvalue weighted by Gasteiger charge is 2.35. The van der Waals surface area contributed by atoms with Crippen LogP contribution >= 0.6 is 0 Å². The van der Waals surface area contributed by atoms with Gasteiger partial charge in [0.1, 0.15) is 5.60 Å². The van der Waals surface area contributed by atoms with Crippen LogP contribution in [0.2, 0.25) is 0 Å². The maximum Gasteiger partial charge on any atom is 0.416 e. The number of carbonyl (C=O) groups excluding carboxylic acids is 1. The number of halogens is 3. The minimum Gasteiger partial charge on any atom is -0.444 e. The molecule has 0 aromatic heterocycles. The number of hydrogen-bond acceptors (Lipinski definition) is 3. The summed E-state index contributed by atoms with van der Waals surface area (Å²) in [4.78, 5) is 13.4. The number of rotatable bonds is 1. The first-order chi connectivity index (χ1) is 11.0. The lowest BCUT2D eigenvalue weighted by atomic mass is 9.86. The Kier molecular flexibility index (Phi) is 5.13.